The van der Waals surface area contributed by atoms with Crippen LogP contribution in [0.5, 0.6) is 0 Å². The number of hydrogen-bond donors (Lipinski definition) is 2. The molecule has 0 amide bonds. The Labute approximate surface area is 163 Å². The van der Waals surface area contributed by atoms with Gasteiger partial charge in [-0.3, -0.25) is 0 Å². The molecule has 0 atom stereocenters. The van der Waals surface area contributed by atoms with Gasteiger partial charge in [-0.1, -0.05) is 43.2 Å². The minimum Gasteiger partial charge on any atom is -0.366 e. The first-order chi connectivity index (χ1) is 13.7. The van der Waals surface area contributed by atoms with Crippen molar-refractivity contribution in [3.05, 3.63) is 71.8 Å². The Morgan fingerprint density at radius 1 is 0.893 bits per heavy atom. The summed E-state index contributed by atoms with van der Waals surface area (Å²) in [5, 5.41) is 6.59. The van der Waals surface area contributed by atoms with Crippen molar-refractivity contribution in [3.8, 4) is 11.3 Å². The average molecular weight is 380 g/mol. The second kappa shape index (κ2) is 8.33. The van der Waals surface area contributed by atoms with E-state index in [0.717, 1.165) is 30.2 Å². The summed E-state index contributed by atoms with van der Waals surface area (Å²) in [6, 6.07) is 15.6. The first-order valence-corrected chi connectivity index (χ1v) is 9.55. The Kier molecular flexibility index (Phi) is 5.46. The van der Waals surface area contributed by atoms with Crippen LogP contribution in [-0.4, -0.2) is 16.0 Å². The SMILES string of the molecule is Fc1cc(F)cc(CNc2cc(-c3ccccc3)nc(NC3CCCC3)n2)c1. The first-order valence-electron chi connectivity index (χ1n) is 9.55. The molecule has 0 spiro atoms. The van der Waals surface area contributed by atoms with Crippen LogP contribution in [0.25, 0.3) is 11.3 Å². The van der Waals surface area contributed by atoms with Crippen LogP contribution in [0.15, 0.2) is 54.6 Å². The van der Waals surface area contributed by atoms with Gasteiger partial charge in [-0.25, -0.2) is 13.8 Å². The van der Waals surface area contributed by atoms with Crippen LogP contribution in [-0.2, 0) is 6.54 Å². The van der Waals surface area contributed by atoms with Gasteiger partial charge < -0.3 is 10.6 Å². The summed E-state index contributed by atoms with van der Waals surface area (Å²) in [6.07, 6.45) is 4.66. The quantitative estimate of drug-likeness (QED) is 0.602. The third-order valence-electron chi connectivity index (χ3n) is 4.88. The lowest BCUT2D eigenvalue weighted by atomic mass is 10.1. The molecule has 1 aliphatic carbocycles. The molecule has 1 saturated carbocycles. The molecular formula is C22H22F2N4. The van der Waals surface area contributed by atoms with Gasteiger partial charge in [-0.05, 0) is 30.5 Å². The smallest absolute Gasteiger partial charge is 0.225 e. The summed E-state index contributed by atoms with van der Waals surface area (Å²) in [4.78, 5) is 9.23. The second-order valence-corrected chi connectivity index (χ2v) is 7.09. The van der Waals surface area contributed by atoms with E-state index in [9.17, 15) is 8.78 Å². The molecule has 1 aliphatic rings. The predicted molar refractivity (Wildman–Crippen MR) is 107 cm³/mol. The van der Waals surface area contributed by atoms with E-state index < -0.39 is 11.6 Å². The van der Waals surface area contributed by atoms with Crippen LogP contribution in [0.2, 0.25) is 0 Å². The van der Waals surface area contributed by atoms with Crippen molar-refractivity contribution in [2.24, 2.45) is 0 Å². The topological polar surface area (TPSA) is 49.8 Å². The standard InChI is InChI=1S/C22H22F2N4/c23-17-10-15(11-18(24)12-17)14-25-21-13-20(16-6-2-1-3-7-16)27-22(28-21)26-19-8-4-5-9-19/h1-3,6-7,10-13,19H,4-5,8-9,14H2,(H2,25,26,27,28). The molecule has 0 saturated heterocycles. The molecule has 0 unspecified atom stereocenters. The van der Waals surface area contributed by atoms with Gasteiger partial charge in [-0.15, -0.1) is 0 Å². The van der Waals surface area contributed by atoms with Crippen molar-refractivity contribution >= 4 is 11.8 Å². The summed E-state index contributed by atoms with van der Waals surface area (Å²) in [5.74, 6) is 0.00120. The average Bonchev–Trinajstić information content (AvgIpc) is 3.19. The summed E-state index contributed by atoms with van der Waals surface area (Å²) in [5.41, 5.74) is 2.30. The highest BCUT2D eigenvalue weighted by atomic mass is 19.1. The lowest BCUT2D eigenvalue weighted by Gasteiger charge is -2.15. The van der Waals surface area contributed by atoms with Crippen LogP contribution < -0.4 is 10.6 Å². The van der Waals surface area contributed by atoms with Gasteiger partial charge >= 0.3 is 0 Å². The Morgan fingerprint density at radius 3 is 2.32 bits per heavy atom. The highest BCUT2D eigenvalue weighted by Gasteiger charge is 2.16. The van der Waals surface area contributed by atoms with Crippen molar-refractivity contribution in [3.63, 3.8) is 0 Å². The minimum absolute atomic E-state index is 0.267. The molecule has 2 aromatic carbocycles. The Bertz CT molecular complexity index is 920. The summed E-state index contributed by atoms with van der Waals surface area (Å²) in [7, 11) is 0. The third kappa shape index (κ3) is 4.63. The molecule has 4 rings (SSSR count). The van der Waals surface area contributed by atoms with Crippen molar-refractivity contribution in [1.29, 1.82) is 0 Å². The Balaban J connectivity index is 1.59. The van der Waals surface area contributed by atoms with E-state index in [4.69, 9.17) is 0 Å². The van der Waals surface area contributed by atoms with Crippen molar-refractivity contribution in [1.82, 2.24) is 9.97 Å². The number of anilines is 2. The molecule has 2 N–H and O–H groups in total. The largest absolute Gasteiger partial charge is 0.366 e. The maximum absolute atomic E-state index is 13.4. The van der Waals surface area contributed by atoms with E-state index in [1.54, 1.807) is 0 Å². The highest BCUT2D eigenvalue weighted by molar-refractivity contribution is 5.64. The Morgan fingerprint density at radius 2 is 1.61 bits per heavy atom. The Hall–Kier alpha value is -3.02. The molecule has 1 aromatic heterocycles. The molecule has 28 heavy (non-hydrogen) atoms. The number of nitrogens with one attached hydrogen (secondary N) is 2. The van der Waals surface area contributed by atoms with Crippen LogP contribution in [0, 0.1) is 11.6 Å². The van der Waals surface area contributed by atoms with E-state index in [1.807, 2.05) is 36.4 Å². The molecule has 6 heteroatoms. The van der Waals surface area contributed by atoms with Crippen LogP contribution in [0.3, 0.4) is 0 Å². The molecule has 0 radical (unpaired) electrons. The van der Waals surface area contributed by atoms with E-state index >= 15 is 0 Å². The van der Waals surface area contributed by atoms with Gasteiger partial charge in [0.15, 0.2) is 0 Å². The highest BCUT2D eigenvalue weighted by Crippen LogP contribution is 2.25. The fraction of sp³-hybridized carbons (Fsp3) is 0.273. The number of rotatable bonds is 6. The maximum Gasteiger partial charge on any atom is 0.225 e. The zero-order chi connectivity index (χ0) is 19.3. The number of hydrogen-bond acceptors (Lipinski definition) is 4. The van der Waals surface area contributed by atoms with Crippen LogP contribution >= 0.6 is 0 Å². The minimum atomic E-state index is -0.590. The summed E-state index contributed by atoms with van der Waals surface area (Å²) in [6.45, 7) is 0.267. The normalized spacial score (nSPS) is 14.2. The third-order valence-corrected chi connectivity index (χ3v) is 4.88. The van der Waals surface area contributed by atoms with Gasteiger partial charge in [0.2, 0.25) is 5.95 Å². The molecule has 144 valence electrons. The zero-order valence-electron chi connectivity index (χ0n) is 15.5. The second-order valence-electron chi connectivity index (χ2n) is 7.09. The molecule has 0 bridgehead atoms. The summed E-state index contributed by atoms with van der Waals surface area (Å²) >= 11 is 0. The van der Waals surface area contributed by atoms with E-state index in [2.05, 4.69) is 20.6 Å². The van der Waals surface area contributed by atoms with E-state index in [-0.39, 0.29) is 6.54 Å². The molecular weight excluding hydrogens is 358 g/mol. The lowest BCUT2D eigenvalue weighted by molar-refractivity contribution is 0.580. The molecule has 1 heterocycles. The van der Waals surface area contributed by atoms with E-state index in [1.165, 1.54) is 25.0 Å². The van der Waals surface area contributed by atoms with Gasteiger partial charge in [0, 0.05) is 30.3 Å². The predicted octanol–water partition coefficient (Wildman–Crippen LogP) is 5.39. The van der Waals surface area contributed by atoms with E-state index in [0.29, 0.717) is 23.4 Å². The fourth-order valence-corrected chi connectivity index (χ4v) is 3.52. The van der Waals surface area contributed by atoms with Crippen molar-refractivity contribution < 1.29 is 8.78 Å². The lowest BCUT2D eigenvalue weighted by Crippen LogP contribution is -2.17. The molecule has 1 fully saturated rings. The molecule has 0 aliphatic heterocycles. The first kappa shape index (κ1) is 18.3. The molecule has 4 nitrogen and oxygen atoms in total. The van der Waals surface area contributed by atoms with Crippen LogP contribution in [0.1, 0.15) is 31.2 Å². The van der Waals surface area contributed by atoms with Crippen molar-refractivity contribution in [2.75, 3.05) is 10.6 Å². The number of nitrogens with zero attached hydrogens (tertiary/aromatic N) is 2. The van der Waals surface area contributed by atoms with Gasteiger partial charge in [0.1, 0.15) is 17.5 Å². The number of halogens is 2. The van der Waals surface area contributed by atoms with Gasteiger partial charge in [0.05, 0.1) is 5.69 Å². The van der Waals surface area contributed by atoms with Crippen LogP contribution in [0.4, 0.5) is 20.5 Å². The van der Waals surface area contributed by atoms with Gasteiger partial charge in [-0.2, -0.15) is 4.98 Å². The number of aromatic nitrogens is 2. The van der Waals surface area contributed by atoms with Crippen molar-refractivity contribution in [2.45, 2.75) is 38.3 Å². The number of benzene rings is 2. The molecule has 3 aromatic rings. The van der Waals surface area contributed by atoms with Gasteiger partial charge in [0.25, 0.3) is 0 Å². The maximum atomic E-state index is 13.4. The zero-order valence-corrected chi connectivity index (χ0v) is 15.5. The monoisotopic (exact) mass is 380 g/mol. The fourth-order valence-electron chi connectivity index (χ4n) is 3.52. The summed E-state index contributed by atoms with van der Waals surface area (Å²) < 4.78 is 26.9.